The van der Waals surface area contributed by atoms with Crippen molar-refractivity contribution >= 4 is 35.3 Å². The van der Waals surface area contributed by atoms with Gasteiger partial charge in [0.15, 0.2) is 23.1 Å². The van der Waals surface area contributed by atoms with Gasteiger partial charge in [-0.3, -0.25) is 19.2 Å². The third-order valence-corrected chi connectivity index (χ3v) is 6.85. The fraction of sp³-hybridized carbons (Fsp3) is 0.353. The van der Waals surface area contributed by atoms with Crippen molar-refractivity contribution in [3.8, 4) is 0 Å². The van der Waals surface area contributed by atoms with Crippen LogP contribution in [0.1, 0.15) is 87.5 Å². The van der Waals surface area contributed by atoms with Crippen molar-refractivity contribution in [1.82, 2.24) is 0 Å². The number of carbonyl (C=O) groups excluding carboxylic acids is 4. The summed E-state index contributed by atoms with van der Waals surface area (Å²) in [6, 6.07) is 4.37. The third kappa shape index (κ3) is 8.72. The summed E-state index contributed by atoms with van der Waals surface area (Å²) >= 11 is 0. The Hall–Kier alpha value is -3.66. The molecule has 0 radical (unpaired) electrons. The molecule has 4 nitrogen and oxygen atoms in total. The van der Waals surface area contributed by atoms with Crippen molar-refractivity contribution in [2.24, 2.45) is 0 Å². The zero-order valence-electron chi connectivity index (χ0n) is 22.6. The minimum Gasteiger partial charge on any atom is -0.290 e. The van der Waals surface area contributed by atoms with E-state index in [1.165, 1.54) is 60.4 Å². The van der Waals surface area contributed by atoms with Gasteiger partial charge in [-0.2, -0.15) is 0 Å². The van der Waals surface area contributed by atoms with Crippen LogP contribution in [0, 0.1) is 0 Å². The largest absolute Gasteiger partial charge is 0.290 e. The maximum absolute atomic E-state index is 12.3. The number of allylic oxidation sites excluding steroid dienone is 10. The minimum atomic E-state index is -0.180. The summed E-state index contributed by atoms with van der Waals surface area (Å²) in [5.41, 5.74) is 5.21. The molecular formula is C34H38O4. The molecule has 38 heavy (non-hydrogen) atoms. The lowest BCUT2D eigenvalue weighted by Gasteiger charge is -2.14. The van der Waals surface area contributed by atoms with Gasteiger partial charge in [-0.1, -0.05) is 88.8 Å². The fourth-order valence-electron chi connectivity index (χ4n) is 4.63. The number of ketones is 4. The lowest BCUT2D eigenvalue weighted by Crippen LogP contribution is -2.06. The molecule has 0 bridgehead atoms. The molecule has 198 valence electrons. The summed E-state index contributed by atoms with van der Waals surface area (Å²) in [5, 5.41) is 0. The second-order valence-electron chi connectivity index (χ2n) is 9.94. The first-order valence-corrected chi connectivity index (χ1v) is 13.9. The number of unbranched alkanes of at least 4 members (excludes halogenated alkanes) is 6. The van der Waals surface area contributed by atoms with Gasteiger partial charge in [0.1, 0.15) is 0 Å². The van der Waals surface area contributed by atoms with Gasteiger partial charge in [-0.25, -0.2) is 0 Å². The molecule has 3 rings (SSSR count). The van der Waals surface area contributed by atoms with E-state index in [-0.39, 0.29) is 23.1 Å². The van der Waals surface area contributed by atoms with Crippen molar-refractivity contribution in [3.63, 3.8) is 0 Å². The van der Waals surface area contributed by atoms with E-state index >= 15 is 0 Å². The van der Waals surface area contributed by atoms with Crippen LogP contribution in [0.5, 0.6) is 0 Å². The van der Waals surface area contributed by atoms with Crippen molar-refractivity contribution < 1.29 is 19.2 Å². The Morgan fingerprint density at radius 3 is 1.34 bits per heavy atom. The highest BCUT2D eigenvalue weighted by Gasteiger charge is 2.13. The first-order chi connectivity index (χ1) is 18.4. The molecule has 0 spiro atoms. The van der Waals surface area contributed by atoms with E-state index in [1.54, 1.807) is 12.2 Å². The molecule has 0 unspecified atom stereocenters. The number of hydrogen-bond donors (Lipinski definition) is 0. The standard InChI is InChI=1S/C34H38O4/c1-3-5-7-9-11-25-21-28(14-16-30-24-32(36)18-20-34(30)38)26(12-10-8-6-4-2)22-27(25)13-15-29-23-31(35)17-19-33(29)37/h13-24H,3-12H2,1-2H3/b15-13+,16-14+. The predicted molar refractivity (Wildman–Crippen MR) is 155 cm³/mol. The molecule has 4 heteroatoms. The SMILES string of the molecule is CCCCCCc1cc(/C=C/C2=CC(=O)C=CC2=O)c(CCCCCC)cc1/C=C/C1=CC(=O)C=CC1=O. The summed E-state index contributed by atoms with van der Waals surface area (Å²) in [5.74, 6) is -0.695. The molecule has 0 fully saturated rings. The van der Waals surface area contributed by atoms with Crippen LogP contribution >= 0.6 is 0 Å². The lowest BCUT2D eigenvalue weighted by atomic mass is 9.90. The molecule has 0 aromatic heterocycles. The Kier molecular flexibility index (Phi) is 11.4. The smallest absolute Gasteiger partial charge is 0.186 e. The van der Waals surface area contributed by atoms with Gasteiger partial charge < -0.3 is 0 Å². The highest BCUT2D eigenvalue weighted by atomic mass is 16.1. The van der Waals surface area contributed by atoms with Gasteiger partial charge in [0.25, 0.3) is 0 Å². The summed E-state index contributed by atoms with van der Waals surface area (Å²) in [6.45, 7) is 4.38. The van der Waals surface area contributed by atoms with E-state index in [2.05, 4.69) is 26.0 Å². The van der Waals surface area contributed by atoms with E-state index in [0.29, 0.717) is 11.1 Å². The number of benzene rings is 1. The second kappa shape index (κ2) is 14.9. The van der Waals surface area contributed by atoms with Crippen molar-refractivity contribution in [2.75, 3.05) is 0 Å². The summed E-state index contributed by atoms with van der Waals surface area (Å²) in [4.78, 5) is 48.2. The molecule has 0 saturated heterocycles. The number of hydrogen-bond acceptors (Lipinski definition) is 4. The Labute approximate surface area is 226 Å². The van der Waals surface area contributed by atoms with E-state index in [0.717, 1.165) is 62.5 Å². The summed E-state index contributed by atoms with van der Waals surface area (Å²) in [6.07, 6.45) is 26.2. The zero-order chi connectivity index (χ0) is 27.3. The van der Waals surface area contributed by atoms with Crippen LogP contribution in [-0.4, -0.2) is 23.1 Å². The molecule has 0 heterocycles. The van der Waals surface area contributed by atoms with Crippen LogP contribution in [0.4, 0.5) is 0 Å². The van der Waals surface area contributed by atoms with Crippen LogP contribution < -0.4 is 0 Å². The van der Waals surface area contributed by atoms with Crippen molar-refractivity contribution in [1.29, 1.82) is 0 Å². The first kappa shape index (κ1) is 28.9. The maximum atomic E-state index is 12.3. The fourth-order valence-corrected chi connectivity index (χ4v) is 4.63. The highest BCUT2D eigenvalue weighted by molar-refractivity contribution is 6.19. The Morgan fingerprint density at radius 1 is 0.526 bits per heavy atom. The summed E-state index contributed by atoms with van der Waals surface area (Å²) in [7, 11) is 0. The molecule has 2 aliphatic carbocycles. The zero-order valence-corrected chi connectivity index (χ0v) is 22.6. The van der Waals surface area contributed by atoms with Crippen LogP contribution in [0.2, 0.25) is 0 Å². The van der Waals surface area contributed by atoms with Crippen molar-refractivity contribution in [2.45, 2.75) is 78.1 Å². The molecule has 0 aliphatic heterocycles. The third-order valence-electron chi connectivity index (χ3n) is 6.85. The summed E-state index contributed by atoms with van der Waals surface area (Å²) < 4.78 is 0. The average Bonchev–Trinajstić information content (AvgIpc) is 2.91. The Balaban J connectivity index is 1.99. The van der Waals surface area contributed by atoms with Gasteiger partial charge in [-0.15, -0.1) is 0 Å². The molecule has 1 aromatic rings. The first-order valence-electron chi connectivity index (χ1n) is 13.9. The topological polar surface area (TPSA) is 68.3 Å². The molecule has 0 atom stereocenters. The van der Waals surface area contributed by atoms with Gasteiger partial charge >= 0.3 is 0 Å². The molecule has 0 amide bonds. The van der Waals surface area contributed by atoms with E-state index in [1.807, 2.05) is 12.2 Å². The van der Waals surface area contributed by atoms with Crippen LogP contribution in [0.3, 0.4) is 0 Å². The number of rotatable bonds is 14. The maximum Gasteiger partial charge on any atom is 0.186 e. The quantitative estimate of drug-likeness (QED) is 0.196. The molecule has 1 aromatic carbocycles. The van der Waals surface area contributed by atoms with Crippen LogP contribution in [-0.2, 0) is 32.0 Å². The molecule has 0 N–H and O–H groups in total. The predicted octanol–water partition coefficient (Wildman–Crippen LogP) is 7.23. The van der Waals surface area contributed by atoms with E-state index in [4.69, 9.17) is 0 Å². The van der Waals surface area contributed by atoms with Crippen LogP contribution in [0.15, 0.2) is 71.9 Å². The van der Waals surface area contributed by atoms with Crippen LogP contribution in [0.25, 0.3) is 12.2 Å². The number of carbonyl (C=O) groups is 4. The monoisotopic (exact) mass is 510 g/mol. The van der Waals surface area contributed by atoms with E-state index in [9.17, 15) is 19.2 Å². The lowest BCUT2D eigenvalue weighted by molar-refractivity contribution is -0.114. The van der Waals surface area contributed by atoms with Gasteiger partial charge in [0.2, 0.25) is 0 Å². The highest BCUT2D eigenvalue weighted by Crippen LogP contribution is 2.26. The molecule has 2 aliphatic rings. The minimum absolute atomic E-state index is 0.168. The second-order valence-corrected chi connectivity index (χ2v) is 9.94. The molecular weight excluding hydrogens is 472 g/mol. The van der Waals surface area contributed by atoms with Crippen molar-refractivity contribution in [3.05, 3.63) is 94.1 Å². The van der Waals surface area contributed by atoms with Gasteiger partial charge in [-0.05, 0) is 84.4 Å². The Morgan fingerprint density at radius 2 is 0.947 bits per heavy atom. The normalized spacial score (nSPS) is 15.7. The average molecular weight is 511 g/mol. The Bertz CT molecular complexity index is 1150. The van der Waals surface area contributed by atoms with E-state index < -0.39 is 0 Å². The van der Waals surface area contributed by atoms with Gasteiger partial charge in [0, 0.05) is 11.1 Å². The van der Waals surface area contributed by atoms with Gasteiger partial charge in [0.05, 0.1) is 0 Å². The number of aryl methyl sites for hydroxylation is 2. The molecule has 0 saturated carbocycles.